The summed E-state index contributed by atoms with van der Waals surface area (Å²) in [5.41, 5.74) is -0.688. The molecule has 0 aliphatic heterocycles. The molecule has 4 nitrogen and oxygen atoms in total. The third kappa shape index (κ3) is 3.43. The van der Waals surface area contributed by atoms with E-state index in [4.69, 9.17) is 16.3 Å². The van der Waals surface area contributed by atoms with Gasteiger partial charge in [0.1, 0.15) is 17.0 Å². The summed E-state index contributed by atoms with van der Waals surface area (Å²) in [4.78, 5) is 7.16. The van der Waals surface area contributed by atoms with Gasteiger partial charge in [0.05, 0.1) is 7.11 Å². The maximum atomic E-state index is 12.5. The van der Waals surface area contributed by atoms with E-state index in [9.17, 15) is 18.3 Å². The van der Waals surface area contributed by atoms with Gasteiger partial charge in [-0.25, -0.2) is 9.97 Å². The minimum absolute atomic E-state index is 0.0663. The molecule has 0 aliphatic rings. The summed E-state index contributed by atoms with van der Waals surface area (Å²) in [7, 11) is 1.44. The van der Waals surface area contributed by atoms with Gasteiger partial charge in [-0.1, -0.05) is 17.7 Å². The molecule has 8 heteroatoms. The van der Waals surface area contributed by atoms with Gasteiger partial charge >= 0.3 is 6.18 Å². The van der Waals surface area contributed by atoms with Crippen molar-refractivity contribution >= 4 is 11.6 Å². The first-order valence-electron chi connectivity index (χ1n) is 5.74. The first-order valence-corrected chi connectivity index (χ1v) is 6.12. The molecule has 2 heterocycles. The highest BCUT2D eigenvalue weighted by atomic mass is 35.5. The Morgan fingerprint density at radius 1 is 1.24 bits per heavy atom. The molecule has 0 aromatic carbocycles. The fraction of sp³-hybridized carbons (Fsp3) is 0.231. The smallest absolute Gasteiger partial charge is 0.433 e. The van der Waals surface area contributed by atoms with Gasteiger partial charge in [0.25, 0.3) is 0 Å². The largest absolute Gasteiger partial charge is 0.481 e. The maximum Gasteiger partial charge on any atom is 0.433 e. The second-order valence-electron chi connectivity index (χ2n) is 4.11. The monoisotopic (exact) mass is 318 g/mol. The van der Waals surface area contributed by atoms with E-state index in [-0.39, 0.29) is 5.56 Å². The Morgan fingerprint density at radius 3 is 2.43 bits per heavy atom. The first kappa shape index (κ1) is 15.5. The molecule has 2 aromatic heterocycles. The molecule has 0 spiro atoms. The maximum absolute atomic E-state index is 12.5. The van der Waals surface area contributed by atoms with E-state index in [1.54, 1.807) is 0 Å². The van der Waals surface area contributed by atoms with E-state index in [1.165, 1.54) is 25.4 Å². The molecule has 0 bridgehead atoms. The number of methoxy groups -OCH3 is 1. The fourth-order valence-corrected chi connectivity index (χ4v) is 1.92. The molecule has 21 heavy (non-hydrogen) atoms. The third-order valence-electron chi connectivity index (χ3n) is 2.75. The highest BCUT2D eigenvalue weighted by molar-refractivity contribution is 6.30. The van der Waals surface area contributed by atoms with Crippen molar-refractivity contribution in [2.45, 2.75) is 12.3 Å². The number of halogens is 4. The summed E-state index contributed by atoms with van der Waals surface area (Å²) in [6.07, 6.45) is -4.47. The van der Waals surface area contributed by atoms with Gasteiger partial charge in [0.15, 0.2) is 0 Å². The number of alkyl halides is 3. The van der Waals surface area contributed by atoms with Crippen molar-refractivity contribution in [2.75, 3.05) is 7.11 Å². The number of ether oxygens (including phenoxy) is 1. The van der Waals surface area contributed by atoms with Gasteiger partial charge in [-0.05, 0) is 12.1 Å². The predicted octanol–water partition coefficient (Wildman–Crippen LogP) is 3.24. The van der Waals surface area contributed by atoms with E-state index in [0.29, 0.717) is 11.4 Å². The van der Waals surface area contributed by atoms with Crippen LogP contribution in [0.4, 0.5) is 13.2 Å². The Balaban J connectivity index is 2.32. The summed E-state index contributed by atoms with van der Waals surface area (Å²) in [5.74, 6) is 0.350. The van der Waals surface area contributed by atoms with Gasteiger partial charge in [-0.3, -0.25) is 0 Å². The number of nitrogens with zero attached hydrogens (tertiary/aromatic N) is 2. The van der Waals surface area contributed by atoms with Crippen LogP contribution in [0.5, 0.6) is 5.88 Å². The van der Waals surface area contributed by atoms with Crippen molar-refractivity contribution in [2.24, 2.45) is 0 Å². The topological polar surface area (TPSA) is 55.2 Å². The summed E-state index contributed by atoms with van der Waals surface area (Å²) in [5, 5.41) is 9.73. The molecular formula is C13H10ClF3N2O2. The van der Waals surface area contributed by atoms with Gasteiger partial charge in [0, 0.05) is 23.4 Å². The van der Waals surface area contributed by atoms with Gasteiger partial charge in [-0.2, -0.15) is 13.2 Å². The Labute approximate surface area is 123 Å². The van der Waals surface area contributed by atoms with Gasteiger partial charge in [0.2, 0.25) is 5.88 Å². The Hall–Kier alpha value is -1.86. The van der Waals surface area contributed by atoms with Crippen LogP contribution in [-0.4, -0.2) is 22.2 Å². The highest BCUT2D eigenvalue weighted by Crippen LogP contribution is 2.32. The lowest BCUT2D eigenvalue weighted by Crippen LogP contribution is -2.10. The van der Waals surface area contributed by atoms with E-state index < -0.39 is 23.1 Å². The zero-order valence-electron chi connectivity index (χ0n) is 10.7. The van der Waals surface area contributed by atoms with Crippen LogP contribution in [0.1, 0.15) is 22.9 Å². The lowest BCUT2D eigenvalue weighted by Gasteiger charge is -2.14. The molecule has 1 unspecified atom stereocenters. The Kier molecular flexibility index (Phi) is 4.34. The molecule has 2 rings (SSSR count). The molecule has 0 radical (unpaired) electrons. The standard InChI is InChI=1S/C13H10ClF3N2O2/c1-21-10-5-2-7(6-18-10)11(20)8-3-4-9(13(15,16)17)19-12(8)14/h2-6,11,20H,1H3. The molecule has 112 valence electrons. The zero-order valence-corrected chi connectivity index (χ0v) is 11.5. The number of aromatic nitrogens is 2. The van der Waals surface area contributed by atoms with E-state index in [2.05, 4.69) is 9.97 Å². The summed E-state index contributed by atoms with van der Waals surface area (Å²) in [6, 6.07) is 4.91. The molecular weight excluding hydrogens is 309 g/mol. The first-order chi connectivity index (χ1) is 9.82. The van der Waals surface area contributed by atoms with Crippen LogP contribution in [0.25, 0.3) is 0 Å². The van der Waals surface area contributed by atoms with Crippen LogP contribution in [-0.2, 0) is 6.18 Å². The number of aliphatic hydroxyl groups excluding tert-OH is 1. The Bertz CT molecular complexity index is 632. The molecule has 1 atom stereocenters. The van der Waals surface area contributed by atoms with Crippen LogP contribution in [0.15, 0.2) is 30.5 Å². The van der Waals surface area contributed by atoms with Crippen molar-refractivity contribution in [3.8, 4) is 5.88 Å². The molecule has 0 aliphatic carbocycles. The summed E-state index contributed by atoms with van der Waals surface area (Å²) < 4.78 is 42.4. The normalized spacial score (nSPS) is 13.0. The number of rotatable bonds is 3. The number of pyridine rings is 2. The Morgan fingerprint density at radius 2 is 1.95 bits per heavy atom. The highest BCUT2D eigenvalue weighted by Gasteiger charge is 2.33. The quantitative estimate of drug-likeness (QED) is 0.883. The average Bonchev–Trinajstić information content (AvgIpc) is 2.45. The molecule has 0 amide bonds. The molecule has 1 N–H and O–H groups in total. The second-order valence-corrected chi connectivity index (χ2v) is 4.47. The number of hydrogen-bond acceptors (Lipinski definition) is 4. The van der Waals surface area contributed by atoms with Crippen molar-refractivity contribution in [1.29, 1.82) is 0 Å². The van der Waals surface area contributed by atoms with Gasteiger partial charge < -0.3 is 9.84 Å². The SMILES string of the molecule is COc1ccc(C(O)c2ccc(C(F)(F)F)nc2Cl)cn1. The minimum Gasteiger partial charge on any atom is -0.481 e. The van der Waals surface area contributed by atoms with E-state index >= 15 is 0 Å². The predicted molar refractivity (Wildman–Crippen MR) is 69.1 cm³/mol. The summed E-state index contributed by atoms with van der Waals surface area (Å²) in [6.45, 7) is 0. The van der Waals surface area contributed by atoms with E-state index in [1.807, 2.05) is 0 Å². The van der Waals surface area contributed by atoms with E-state index in [0.717, 1.165) is 12.1 Å². The van der Waals surface area contributed by atoms with Crippen molar-refractivity contribution in [1.82, 2.24) is 9.97 Å². The number of hydrogen-bond donors (Lipinski definition) is 1. The minimum atomic E-state index is -4.59. The average molecular weight is 319 g/mol. The summed E-state index contributed by atoms with van der Waals surface area (Å²) >= 11 is 5.72. The third-order valence-corrected chi connectivity index (χ3v) is 3.05. The van der Waals surface area contributed by atoms with Crippen molar-refractivity contribution in [3.05, 3.63) is 52.4 Å². The van der Waals surface area contributed by atoms with Crippen LogP contribution < -0.4 is 4.74 Å². The molecule has 2 aromatic rings. The van der Waals surface area contributed by atoms with Crippen LogP contribution in [0.2, 0.25) is 5.15 Å². The van der Waals surface area contributed by atoms with Crippen LogP contribution in [0, 0.1) is 0 Å². The fourth-order valence-electron chi connectivity index (χ4n) is 1.66. The van der Waals surface area contributed by atoms with Crippen molar-refractivity contribution in [3.63, 3.8) is 0 Å². The zero-order chi connectivity index (χ0) is 15.6. The molecule has 0 saturated carbocycles. The lowest BCUT2D eigenvalue weighted by molar-refractivity contribution is -0.141. The lowest BCUT2D eigenvalue weighted by atomic mass is 10.0. The van der Waals surface area contributed by atoms with Crippen molar-refractivity contribution < 1.29 is 23.0 Å². The number of aliphatic hydroxyl groups is 1. The second kappa shape index (κ2) is 5.87. The van der Waals surface area contributed by atoms with Crippen LogP contribution in [0.3, 0.4) is 0 Å². The molecule has 0 fully saturated rings. The molecule has 0 saturated heterocycles. The van der Waals surface area contributed by atoms with Gasteiger partial charge in [-0.15, -0.1) is 0 Å². The van der Waals surface area contributed by atoms with Crippen LogP contribution >= 0.6 is 11.6 Å².